The van der Waals surface area contributed by atoms with Crippen molar-refractivity contribution in [1.29, 1.82) is 0 Å². The lowest BCUT2D eigenvalue weighted by molar-refractivity contribution is -0.119. The van der Waals surface area contributed by atoms with Crippen LogP contribution >= 0.6 is 0 Å². The number of carbonyl (C=O) groups is 2. The third-order valence-electron chi connectivity index (χ3n) is 3.59. The molecule has 0 aromatic heterocycles. The first-order chi connectivity index (χ1) is 12.0. The molecule has 0 heterocycles. The lowest BCUT2D eigenvalue weighted by Crippen LogP contribution is -2.26. The number of aryl methyl sites for hydroxylation is 1. The third kappa shape index (κ3) is 5.53. The Labute approximate surface area is 146 Å². The first kappa shape index (κ1) is 18.3. The number of amides is 2. The fourth-order valence-electron chi connectivity index (χ4n) is 2.40. The van der Waals surface area contributed by atoms with Gasteiger partial charge in [0.05, 0.1) is 7.11 Å². The molecule has 0 saturated heterocycles. The van der Waals surface area contributed by atoms with Gasteiger partial charge in [-0.05, 0) is 43.2 Å². The van der Waals surface area contributed by atoms with E-state index in [-0.39, 0.29) is 12.5 Å². The zero-order valence-corrected chi connectivity index (χ0v) is 14.4. The summed E-state index contributed by atoms with van der Waals surface area (Å²) in [7, 11) is 1.63. The van der Waals surface area contributed by atoms with Crippen molar-refractivity contribution in [3.05, 3.63) is 59.2 Å². The Morgan fingerprint density at radius 1 is 1.16 bits per heavy atom. The Balaban J connectivity index is 1.93. The maximum absolute atomic E-state index is 12.3. The van der Waals surface area contributed by atoms with Gasteiger partial charge >= 0.3 is 0 Å². The Morgan fingerprint density at radius 2 is 1.96 bits per heavy atom. The molecule has 0 aliphatic rings. The molecule has 6 heteroatoms. The minimum Gasteiger partial charge on any atom is -0.496 e. The number of hydrogen-bond acceptors (Lipinski definition) is 4. The second-order valence-electron chi connectivity index (χ2n) is 5.60. The molecule has 0 aliphatic heterocycles. The standard InChI is InChI=1S/C19H22N2O4/c1-13-6-7-17(24-2)14(10-13)8-9-21-19(23)15-4-3-5-16(11-15)25-12-18(20)22/h3-7,10-11H,8-9,12H2,1-2H3,(H2,20,22)(H,21,23). The van der Waals surface area contributed by atoms with Crippen molar-refractivity contribution in [2.75, 3.05) is 20.3 Å². The fourth-order valence-corrected chi connectivity index (χ4v) is 2.40. The molecule has 0 fully saturated rings. The number of primary amides is 1. The smallest absolute Gasteiger partial charge is 0.255 e. The summed E-state index contributed by atoms with van der Waals surface area (Å²) in [6.45, 7) is 2.27. The highest BCUT2D eigenvalue weighted by Crippen LogP contribution is 2.20. The van der Waals surface area contributed by atoms with Crippen molar-refractivity contribution in [3.63, 3.8) is 0 Å². The maximum Gasteiger partial charge on any atom is 0.255 e. The van der Waals surface area contributed by atoms with E-state index in [1.54, 1.807) is 31.4 Å². The summed E-state index contributed by atoms with van der Waals surface area (Å²) in [5, 5.41) is 2.87. The summed E-state index contributed by atoms with van der Waals surface area (Å²) in [5.41, 5.74) is 7.68. The molecular weight excluding hydrogens is 320 g/mol. The quantitative estimate of drug-likeness (QED) is 0.766. The zero-order chi connectivity index (χ0) is 18.2. The number of rotatable bonds is 8. The van der Waals surface area contributed by atoms with Gasteiger partial charge in [0.15, 0.2) is 6.61 Å². The molecule has 2 amide bonds. The van der Waals surface area contributed by atoms with E-state index in [1.165, 1.54) is 0 Å². The van der Waals surface area contributed by atoms with Crippen molar-refractivity contribution in [3.8, 4) is 11.5 Å². The molecule has 0 radical (unpaired) electrons. The average Bonchev–Trinajstić information content (AvgIpc) is 2.60. The summed E-state index contributed by atoms with van der Waals surface area (Å²) in [6, 6.07) is 12.6. The summed E-state index contributed by atoms with van der Waals surface area (Å²) < 4.78 is 10.5. The van der Waals surface area contributed by atoms with Gasteiger partial charge in [-0.15, -0.1) is 0 Å². The van der Waals surface area contributed by atoms with Crippen molar-refractivity contribution in [2.24, 2.45) is 5.73 Å². The molecule has 132 valence electrons. The van der Waals surface area contributed by atoms with Crippen LogP contribution in [0.1, 0.15) is 21.5 Å². The summed E-state index contributed by atoms with van der Waals surface area (Å²) in [6.07, 6.45) is 0.661. The maximum atomic E-state index is 12.3. The first-order valence-corrected chi connectivity index (χ1v) is 7.92. The monoisotopic (exact) mass is 342 g/mol. The lowest BCUT2D eigenvalue weighted by Gasteiger charge is -2.11. The van der Waals surface area contributed by atoms with Gasteiger partial charge in [0.2, 0.25) is 0 Å². The van der Waals surface area contributed by atoms with E-state index in [0.29, 0.717) is 24.3 Å². The predicted octanol–water partition coefficient (Wildman–Crippen LogP) is 1.84. The van der Waals surface area contributed by atoms with Crippen LogP contribution < -0.4 is 20.5 Å². The van der Waals surface area contributed by atoms with E-state index in [0.717, 1.165) is 16.9 Å². The summed E-state index contributed by atoms with van der Waals surface area (Å²) in [5.74, 6) is 0.451. The lowest BCUT2D eigenvalue weighted by atomic mass is 10.1. The molecular formula is C19H22N2O4. The zero-order valence-electron chi connectivity index (χ0n) is 14.4. The summed E-state index contributed by atoms with van der Waals surface area (Å²) in [4.78, 5) is 23.0. The van der Waals surface area contributed by atoms with Crippen LogP contribution in [0.3, 0.4) is 0 Å². The van der Waals surface area contributed by atoms with Gasteiger partial charge in [0, 0.05) is 12.1 Å². The molecule has 0 saturated carbocycles. The van der Waals surface area contributed by atoms with E-state index in [9.17, 15) is 9.59 Å². The van der Waals surface area contributed by atoms with E-state index >= 15 is 0 Å². The molecule has 0 bridgehead atoms. The van der Waals surface area contributed by atoms with E-state index in [4.69, 9.17) is 15.2 Å². The van der Waals surface area contributed by atoms with Crippen LogP contribution in [0.5, 0.6) is 11.5 Å². The first-order valence-electron chi connectivity index (χ1n) is 7.92. The Kier molecular flexibility index (Phi) is 6.39. The van der Waals surface area contributed by atoms with Gasteiger partial charge in [0.1, 0.15) is 11.5 Å². The molecule has 6 nitrogen and oxygen atoms in total. The molecule has 0 spiro atoms. The number of benzene rings is 2. The molecule has 25 heavy (non-hydrogen) atoms. The number of nitrogens with one attached hydrogen (secondary N) is 1. The second kappa shape index (κ2) is 8.73. The van der Waals surface area contributed by atoms with E-state index in [2.05, 4.69) is 5.32 Å². The van der Waals surface area contributed by atoms with Crippen LogP contribution in [0.2, 0.25) is 0 Å². The van der Waals surface area contributed by atoms with Crippen LogP contribution in [0.4, 0.5) is 0 Å². The van der Waals surface area contributed by atoms with E-state index in [1.807, 2.05) is 25.1 Å². The Bertz CT molecular complexity index is 759. The van der Waals surface area contributed by atoms with Crippen molar-refractivity contribution >= 4 is 11.8 Å². The van der Waals surface area contributed by atoms with Crippen LogP contribution in [-0.2, 0) is 11.2 Å². The van der Waals surface area contributed by atoms with Crippen LogP contribution in [0.25, 0.3) is 0 Å². The highest BCUT2D eigenvalue weighted by Gasteiger charge is 2.08. The number of hydrogen-bond donors (Lipinski definition) is 2. The van der Waals surface area contributed by atoms with Gasteiger partial charge in [-0.25, -0.2) is 0 Å². The van der Waals surface area contributed by atoms with Gasteiger partial charge in [0.25, 0.3) is 11.8 Å². The normalized spacial score (nSPS) is 10.2. The minimum atomic E-state index is -0.568. The van der Waals surface area contributed by atoms with Gasteiger partial charge in [-0.3, -0.25) is 9.59 Å². The third-order valence-corrected chi connectivity index (χ3v) is 3.59. The van der Waals surface area contributed by atoms with Crippen LogP contribution in [-0.4, -0.2) is 32.1 Å². The topological polar surface area (TPSA) is 90.7 Å². The van der Waals surface area contributed by atoms with Crippen LogP contribution in [0.15, 0.2) is 42.5 Å². The van der Waals surface area contributed by atoms with Gasteiger partial charge in [-0.2, -0.15) is 0 Å². The highest BCUT2D eigenvalue weighted by molar-refractivity contribution is 5.94. The number of ether oxygens (including phenoxy) is 2. The van der Waals surface area contributed by atoms with Gasteiger partial charge in [-0.1, -0.05) is 23.8 Å². The number of methoxy groups -OCH3 is 1. The SMILES string of the molecule is COc1ccc(C)cc1CCNC(=O)c1cccc(OCC(N)=O)c1. The highest BCUT2D eigenvalue weighted by atomic mass is 16.5. The van der Waals surface area contributed by atoms with Crippen molar-refractivity contribution in [1.82, 2.24) is 5.32 Å². The Hall–Kier alpha value is -3.02. The molecule has 0 unspecified atom stereocenters. The number of carbonyl (C=O) groups excluding carboxylic acids is 2. The van der Waals surface area contributed by atoms with Gasteiger partial charge < -0.3 is 20.5 Å². The molecule has 2 aromatic carbocycles. The second-order valence-corrected chi connectivity index (χ2v) is 5.60. The Morgan fingerprint density at radius 3 is 2.68 bits per heavy atom. The van der Waals surface area contributed by atoms with E-state index < -0.39 is 5.91 Å². The molecule has 2 aromatic rings. The van der Waals surface area contributed by atoms with Crippen LogP contribution in [0, 0.1) is 6.92 Å². The van der Waals surface area contributed by atoms with Crippen molar-refractivity contribution in [2.45, 2.75) is 13.3 Å². The molecule has 0 atom stereocenters. The number of nitrogens with two attached hydrogens (primary N) is 1. The fraction of sp³-hybridized carbons (Fsp3) is 0.263. The molecule has 3 N–H and O–H groups in total. The largest absolute Gasteiger partial charge is 0.496 e. The minimum absolute atomic E-state index is 0.212. The summed E-state index contributed by atoms with van der Waals surface area (Å²) >= 11 is 0. The van der Waals surface area contributed by atoms with Crippen molar-refractivity contribution < 1.29 is 19.1 Å². The molecule has 0 aliphatic carbocycles. The average molecular weight is 342 g/mol. The predicted molar refractivity (Wildman–Crippen MR) is 94.9 cm³/mol. The molecule has 2 rings (SSSR count).